The smallest absolute Gasteiger partial charge is 0.475 e. The van der Waals surface area contributed by atoms with Gasteiger partial charge >= 0.3 is 24.3 Å². The summed E-state index contributed by atoms with van der Waals surface area (Å²) in [6, 6.07) is 0.397. The van der Waals surface area contributed by atoms with Crippen molar-refractivity contribution in [3.05, 3.63) is 48.9 Å². The number of nitrogens with zero attached hydrogens (tertiary/aromatic N) is 9. The minimum atomic E-state index is -5.08. The second-order valence-corrected chi connectivity index (χ2v) is 9.78. The van der Waals surface area contributed by atoms with Crippen LogP contribution in [0.3, 0.4) is 0 Å². The van der Waals surface area contributed by atoms with Gasteiger partial charge in [0.05, 0.1) is 24.3 Å². The van der Waals surface area contributed by atoms with Crippen LogP contribution in [0.5, 0.6) is 0 Å². The molecule has 13 nitrogen and oxygen atoms in total. The molecule has 0 saturated carbocycles. The zero-order valence-electron chi connectivity index (χ0n) is 23.7. The molecule has 0 unspecified atom stereocenters. The van der Waals surface area contributed by atoms with Crippen molar-refractivity contribution in [3.63, 3.8) is 0 Å². The zero-order chi connectivity index (χ0) is 32.8. The summed E-state index contributed by atoms with van der Waals surface area (Å²) in [6.45, 7) is 9.08. The van der Waals surface area contributed by atoms with Gasteiger partial charge in [-0.2, -0.15) is 36.5 Å². The van der Waals surface area contributed by atoms with Gasteiger partial charge in [-0.05, 0) is 13.8 Å². The number of aliphatic carboxylic acids is 2. The maximum absolute atomic E-state index is 10.6. The van der Waals surface area contributed by atoms with Gasteiger partial charge in [0.15, 0.2) is 11.5 Å². The highest BCUT2D eigenvalue weighted by Crippen LogP contribution is 2.25. The molecule has 44 heavy (non-hydrogen) atoms. The lowest BCUT2D eigenvalue weighted by molar-refractivity contribution is -0.193. The van der Waals surface area contributed by atoms with E-state index < -0.39 is 24.3 Å². The number of aromatic nitrogens is 7. The Morgan fingerprint density at radius 3 is 1.95 bits per heavy atom. The molecule has 5 heterocycles. The van der Waals surface area contributed by atoms with Crippen LogP contribution in [0, 0.1) is 0 Å². The number of piperazine rings is 1. The molecular weight excluding hydrogens is 604 g/mol. The normalized spacial score (nSPS) is 14.2. The van der Waals surface area contributed by atoms with Gasteiger partial charge < -0.3 is 15.1 Å². The van der Waals surface area contributed by atoms with Crippen molar-refractivity contribution in [1.29, 1.82) is 0 Å². The van der Waals surface area contributed by atoms with E-state index in [1.807, 2.05) is 48.9 Å². The Bertz CT molecular complexity index is 1530. The van der Waals surface area contributed by atoms with Crippen molar-refractivity contribution in [1.82, 2.24) is 38.8 Å². The summed E-state index contributed by atoms with van der Waals surface area (Å²) in [5.74, 6) is -4.57. The first-order valence-corrected chi connectivity index (χ1v) is 12.9. The summed E-state index contributed by atoms with van der Waals surface area (Å²) in [7, 11) is 1.92. The highest BCUT2D eigenvalue weighted by atomic mass is 19.4. The lowest BCUT2D eigenvalue weighted by Gasteiger charge is -2.35. The molecule has 4 aromatic rings. The Kier molecular flexibility index (Phi) is 10.6. The fourth-order valence-corrected chi connectivity index (χ4v) is 4.01. The molecule has 0 radical (unpaired) electrons. The monoisotopic (exact) mass is 633 g/mol. The standard InChI is InChI=1S/C21H27N9.2C2HF3O2/c1-16(2)30-14-17(10-25-30)13-27-6-8-28(9-7-27)20-21-23-12-19(29(21)5-4-22-20)18-11-24-26(3)15-18;2*3-2(4,5)1(6)7/h4-5,10-12,14-16H,6-9,13H2,1-3H3;2*(H,6,7). The molecule has 0 atom stereocenters. The maximum atomic E-state index is 10.6. The molecule has 1 fully saturated rings. The van der Waals surface area contributed by atoms with Gasteiger partial charge in [-0.3, -0.25) is 18.7 Å². The number of carbonyl (C=O) groups is 2. The number of fused-ring (bicyclic) bond motifs is 1. The molecule has 0 spiro atoms. The molecule has 4 aromatic heterocycles. The van der Waals surface area contributed by atoms with E-state index in [4.69, 9.17) is 19.8 Å². The first-order valence-electron chi connectivity index (χ1n) is 12.9. The third-order valence-electron chi connectivity index (χ3n) is 6.16. The van der Waals surface area contributed by atoms with Crippen molar-refractivity contribution in [2.75, 3.05) is 31.1 Å². The van der Waals surface area contributed by atoms with E-state index in [0.29, 0.717) is 6.04 Å². The van der Waals surface area contributed by atoms with Crippen LogP contribution in [0.15, 0.2) is 43.4 Å². The summed E-state index contributed by atoms with van der Waals surface area (Å²) >= 11 is 0. The SMILES string of the molecule is CC(C)n1cc(CN2CCN(c3nccn4c(-c5cnn(C)c5)cnc34)CC2)cn1.O=C(O)C(F)(F)F.O=C(O)C(F)(F)F. The van der Waals surface area contributed by atoms with Crippen LogP contribution in [0.25, 0.3) is 16.9 Å². The van der Waals surface area contributed by atoms with Crippen molar-refractivity contribution in [2.45, 2.75) is 38.8 Å². The lowest BCUT2D eigenvalue weighted by Crippen LogP contribution is -2.46. The number of rotatable bonds is 5. The van der Waals surface area contributed by atoms with E-state index in [1.54, 1.807) is 4.68 Å². The highest BCUT2D eigenvalue weighted by Gasteiger charge is 2.38. The maximum Gasteiger partial charge on any atom is 0.490 e. The number of imidazole rings is 1. The van der Waals surface area contributed by atoms with Gasteiger partial charge in [-0.1, -0.05) is 0 Å². The van der Waals surface area contributed by atoms with Gasteiger partial charge in [0.2, 0.25) is 0 Å². The number of carboxylic acid groups (broad SMARTS) is 2. The predicted octanol–water partition coefficient (Wildman–Crippen LogP) is 3.50. The third kappa shape index (κ3) is 8.91. The first-order chi connectivity index (χ1) is 20.5. The zero-order valence-corrected chi connectivity index (χ0v) is 23.7. The number of halogens is 6. The molecule has 2 N–H and O–H groups in total. The molecule has 5 rings (SSSR count). The second kappa shape index (κ2) is 13.7. The number of hydrogen-bond acceptors (Lipinski definition) is 8. The fourth-order valence-electron chi connectivity index (χ4n) is 4.01. The lowest BCUT2D eigenvalue weighted by atomic mass is 10.2. The van der Waals surface area contributed by atoms with Crippen molar-refractivity contribution >= 4 is 23.4 Å². The van der Waals surface area contributed by atoms with Crippen LogP contribution < -0.4 is 4.90 Å². The molecule has 19 heteroatoms. The fraction of sp³-hybridized carbons (Fsp3) is 0.440. The van der Waals surface area contributed by atoms with E-state index in [1.165, 1.54) is 5.56 Å². The van der Waals surface area contributed by atoms with Gasteiger partial charge in [0.1, 0.15) is 0 Å². The number of anilines is 1. The second-order valence-electron chi connectivity index (χ2n) is 9.78. The minimum absolute atomic E-state index is 0.397. The summed E-state index contributed by atoms with van der Waals surface area (Å²) in [6.07, 6.45) is 3.57. The number of carboxylic acids is 2. The summed E-state index contributed by atoms with van der Waals surface area (Å²) in [5.41, 5.74) is 4.24. The predicted molar refractivity (Wildman–Crippen MR) is 143 cm³/mol. The molecule has 0 aliphatic carbocycles. The highest BCUT2D eigenvalue weighted by molar-refractivity contribution is 5.73. The summed E-state index contributed by atoms with van der Waals surface area (Å²) in [5, 5.41) is 23.0. The average molecular weight is 634 g/mol. The summed E-state index contributed by atoms with van der Waals surface area (Å²) in [4.78, 5) is 32.0. The molecule has 1 aliphatic heterocycles. The molecule has 0 bridgehead atoms. The molecular formula is C25H29F6N9O4. The van der Waals surface area contributed by atoms with Crippen LogP contribution in [0.1, 0.15) is 25.5 Å². The van der Waals surface area contributed by atoms with Gasteiger partial charge in [-0.25, -0.2) is 19.6 Å². The number of aryl methyl sites for hydroxylation is 1. The Morgan fingerprint density at radius 2 is 1.48 bits per heavy atom. The van der Waals surface area contributed by atoms with Crippen molar-refractivity contribution in [2.24, 2.45) is 7.05 Å². The Labute approximate surface area is 245 Å². The molecule has 1 saturated heterocycles. The van der Waals surface area contributed by atoms with Gasteiger partial charge in [0.25, 0.3) is 0 Å². The minimum Gasteiger partial charge on any atom is -0.475 e. The van der Waals surface area contributed by atoms with Crippen molar-refractivity contribution in [3.8, 4) is 11.3 Å². The number of hydrogen-bond donors (Lipinski definition) is 2. The quantitative estimate of drug-likeness (QED) is 0.313. The van der Waals surface area contributed by atoms with Crippen LogP contribution >= 0.6 is 0 Å². The van der Waals surface area contributed by atoms with E-state index in [9.17, 15) is 26.3 Å². The van der Waals surface area contributed by atoms with Crippen LogP contribution in [0.4, 0.5) is 32.2 Å². The van der Waals surface area contributed by atoms with Gasteiger partial charge in [-0.15, -0.1) is 0 Å². The van der Waals surface area contributed by atoms with E-state index in [0.717, 1.165) is 55.4 Å². The molecule has 240 valence electrons. The van der Waals surface area contributed by atoms with E-state index >= 15 is 0 Å². The Morgan fingerprint density at radius 1 is 0.886 bits per heavy atom. The molecule has 1 aliphatic rings. The number of alkyl halides is 6. The van der Waals surface area contributed by atoms with Crippen LogP contribution in [-0.2, 0) is 23.2 Å². The van der Waals surface area contributed by atoms with Crippen molar-refractivity contribution < 1.29 is 46.1 Å². The molecule has 0 amide bonds. The molecule has 0 aromatic carbocycles. The third-order valence-corrected chi connectivity index (χ3v) is 6.16. The first kappa shape index (κ1) is 33.8. The summed E-state index contributed by atoms with van der Waals surface area (Å²) < 4.78 is 69.4. The largest absolute Gasteiger partial charge is 0.490 e. The van der Waals surface area contributed by atoms with E-state index in [-0.39, 0.29) is 0 Å². The Balaban J connectivity index is 0.000000317. The van der Waals surface area contributed by atoms with Crippen LogP contribution in [0.2, 0.25) is 0 Å². The topological polar surface area (TPSA) is 147 Å². The Hall–Kier alpha value is -4.68. The van der Waals surface area contributed by atoms with E-state index in [2.05, 4.69) is 54.4 Å². The van der Waals surface area contributed by atoms with Crippen LogP contribution in [-0.4, -0.2) is 99.5 Å². The van der Waals surface area contributed by atoms with Gasteiger partial charge in [0, 0.05) is 81.7 Å². The average Bonchev–Trinajstić information content (AvgIpc) is 3.68.